The number of benzene rings is 1. The fraction of sp³-hybridized carbons (Fsp3) is 0.667. The largest absolute Gasteiger partial charge is 0.340 e. The molecule has 1 saturated carbocycles. The maximum atomic E-state index is 12.7. The molecule has 1 aromatic rings. The van der Waals surface area contributed by atoms with Crippen LogP contribution < -0.4 is 0 Å². The minimum absolute atomic E-state index is 0.167. The van der Waals surface area contributed by atoms with Crippen molar-refractivity contribution in [1.82, 2.24) is 9.80 Å². The molecule has 2 aliphatic rings. The summed E-state index contributed by atoms with van der Waals surface area (Å²) in [5, 5.41) is 0. The van der Waals surface area contributed by atoms with Gasteiger partial charge >= 0.3 is 0 Å². The number of amides is 1. The molecule has 0 bridgehead atoms. The summed E-state index contributed by atoms with van der Waals surface area (Å²) in [5.41, 5.74) is 3.69. The number of rotatable bonds is 5. The summed E-state index contributed by atoms with van der Waals surface area (Å²) in [6, 6.07) is 7.04. The van der Waals surface area contributed by atoms with Crippen molar-refractivity contribution >= 4 is 5.91 Å². The lowest BCUT2D eigenvalue weighted by molar-refractivity contribution is 0.0767. The average Bonchev–Trinajstić information content (AvgIpc) is 2.65. The van der Waals surface area contributed by atoms with Crippen LogP contribution in [-0.2, 0) is 12.8 Å². The Morgan fingerprint density at radius 3 is 2.42 bits per heavy atom. The van der Waals surface area contributed by atoms with Crippen LogP contribution in [0.3, 0.4) is 0 Å². The maximum absolute atomic E-state index is 12.7. The van der Waals surface area contributed by atoms with Gasteiger partial charge in [-0.25, -0.2) is 0 Å². The van der Waals surface area contributed by atoms with Crippen LogP contribution in [0.25, 0.3) is 0 Å². The standard InChI is InChI=1S/C21H32N2O/c1-22(20-10-4-3-5-11-20)14-15-23(2)21(24)19-13-12-17-8-6-7-9-18(17)16-19/h12-13,16,20H,3-11,14-15H2,1-2H3. The van der Waals surface area contributed by atoms with Crippen molar-refractivity contribution in [3.05, 3.63) is 34.9 Å². The molecule has 24 heavy (non-hydrogen) atoms. The molecular weight excluding hydrogens is 296 g/mol. The van der Waals surface area contributed by atoms with E-state index in [0.29, 0.717) is 6.04 Å². The number of hydrogen-bond acceptors (Lipinski definition) is 2. The van der Waals surface area contributed by atoms with Crippen molar-refractivity contribution in [3.8, 4) is 0 Å². The average molecular weight is 329 g/mol. The first-order valence-electron chi connectivity index (χ1n) is 9.72. The van der Waals surface area contributed by atoms with E-state index in [1.165, 1.54) is 62.5 Å². The predicted octanol–water partition coefficient (Wildman–Crippen LogP) is 3.90. The second-order valence-corrected chi connectivity index (χ2v) is 7.69. The number of likely N-dealkylation sites (N-methyl/N-ethyl adjacent to an activating group) is 2. The van der Waals surface area contributed by atoms with E-state index in [1.54, 1.807) is 0 Å². The van der Waals surface area contributed by atoms with E-state index in [9.17, 15) is 4.79 Å². The molecule has 3 nitrogen and oxygen atoms in total. The highest BCUT2D eigenvalue weighted by Gasteiger charge is 2.20. The van der Waals surface area contributed by atoms with Gasteiger partial charge in [-0.15, -0.1) is 0 Å². The molecule has 2 aliphatic carbocycles. The SMILES string of the molecule is CN(CCN(C)C1CCCCC1)C(=O)c1ccc2c(c1)CCCC2. The summed E-state index contributed by atoms with van der Waals surface area (Å²) >= 11 is 0. The van der Waals surface area contributed by atoms with E-state index in [2.05, 4.69) is 24.1 Å². The Labute approximate surface area is 147 Å². The lowest BCUT2D eigenvalue weighted by Gasteiger charge is -2.32. The van der Waals surface area contributed by atoms with Crippen molar-refractivity contribution in [1.29, 1.82) is 0 Å². The highest BCUT2D eigenvalue weighted by molar-refractivity contribution is 5.94. The lowest BCUT2D eigenvalue weighted by atomic mass is 9.90. The van der Waals surface area contributed by atoms with Gasteiger partial charge < -0.3 is 9.80 Å². The van der Waals surface area contributed by atoms with Gasteiger partial charge in [0.25, 0.3) is 5.91 Å². The molecule has 3 heteroatoms. The van der Waals surface area contributed by atoms with E-state index in [-0.39, 0.29) is 5.91 Å². The van der Waals surface area contributed by atoms with Gasteiger partial charge in [-0.1, -0.05) is 25.3 Å². The van der Waals surface area contributed by atoms with Crippen molar-refractivity contribution in [2.24, 2.45) is 0 Å². The van der Waals surface area contributed by atoms with Gasteiger partial charge in [-0.2, -0.15) is 0 Å². The summed E-state index contributed by atoms with van der Waals surface area (Å²) in [4.78, 5) is 17.1. The van der Waals surface area contributed by atoms with Crippen molar-refractivity contribution in [2.75, 3.05) is 27.2 Å². The molecule has 132 valence electrons. The molecular formula is C21H32N2O. The number of fused-ring (bicyclic) bond motifs is 1. The monoisotopic (exact) mass is 328 g/mol. The Balaban J connectivity index is 1.54. The van der Waals surface area contributed by atoms with Gasteiger partial charge in [0.05, 0.1) is 0 Å². The third-order valence-corrected chi connectivity index (χ3v) is 5.93. The van der Waals surface area contributed by atoms with E-state index in [0.717, 1.165) is 25.1 Å². The highest BCUT2D eigenvalue weighted by Crippen LogP contribution is 2.23. The van der Waals surface area contributed by atoms with E-state index in [4.69, 9.17) is 0 Å². The van der Waals surface area contributed by atoms with Crippen molar-refractivity contribution < 1.29 is 4.79 Å². The zero-order valence-electron chi connectivity index (χ0n) is 15.4. The normalized spacial score (nSPS) is 18.5. The smallest absolute Gasteiger partial charge is 0.253 e. The molecule has 0 heterocycles. The van der Waals surface area contributed by atoms with Crippen LogP contribution in [0.15, 0.2) is 18.2 Å². The Bertz CT molecular complexity index is 563. The first-order chi connectivity index (χ1) is 11.6. The molecule has 0 aliphatic heterocycles. The first-order valence-corrected chi connectivity index (χ1v) is 9.72. The molecule has 0 atom stereocenters. The Hall–Kier alpha value is -1.35. The molecule has 0 unspecified atom stereocenters. The van der Waals surface area contributed by atoms with Crippen LogP contribution in [0.4, 0.5) is 0 Å². The predicted molar refractivity (Wildman–Crippen MR) is 99.5 cm³/mol. The molecule has 1 aromatic carbocycles. The summed E-state index contributed by atoms with van der Waals surface area (Å²) in [5.74, 6) is 0.167. The van der Waals surface area contributed by atoms with E-state index >= 15 is 0 Å². The summed E-state index contributed by atoms with van der Waals surface area (Å²) in [6.07, 6.45) is 11.6. The minimum atomic E-state index is 0.167. The second-order valence-electron chi connectivity index (χ2n) is 7.69. The fourth-order valence-electron chi connectivity index (χ4n) is 4.20. The number of aryl methyl sites for hydroxylation is 2. The molecule has 3 rings (SSSR count). The second kappa shape index (κ2) is 8.15. The number of carbonyl (C=O) groups excluding carboxylic acids is 1. The molecule has 1 amide bonds. The molecule has 0 spiro atoms. The van der Waals surface area contributed by atoms with Crippen molar-refractivity contribution in [2.45, 2.75) is 63.8 Å². The quantitative estimate of drug-likeness (QED) is 0.818. The van der Waals surface area contributed by atoms with Gasteiger partial charge in [-0.3, -0.25) is 4.79 Å². The van der Waals surface area contributed by atoms with Gasteiger partial charge in [0.2, 0.25) is 0 Å². The molecule has 0 N–H and O–H groups in total. The first kappa shape index (κ1) is 17.5. The number of hydrogen-bond donors (Lipinski definition) is 0. The highest BCUT2D eigenvalue weighted by atomic mass is 16.2. The molecule has 1 fully saturated rings. The van der Waals surface area contributed by atoms with Gasteiger partial charge in [0.1, 0.15) is 0 Å². The number of carbonyl (C=O) groups is 1. The number of nitrogens with zero attached hydrogens (tertiary/aromatic N) is 2. The minimum Gasteiger partial charge on any atom is -0.340 e. The van der Waals surface area contributed by atoms with Crippen LogP contribution in [0.1, 0.15) is 66.4 Å². The zero-order valence-corrected chi connectivity index (χ0v) is 15.4. The molecule has 0 radical (unpaired) electrons. The summed E-state index contributed by atoms with van der Waals surface area (Å²) in [6.45, 7) is 1.78. The Morgan fingerprint density at radius 1 is 0.958 bits per heavy atom. The summed E-state index contributed by atoms with van der Waals surface area (Å²) in [7, 11) is 4.16. The lowest BCUT2D eigenvalue weighted by Crippen LogP contribution is -2.40. The van der Waals surface area contributed by atoms with Crippen LogP contribution in [0.5, 0.6) is 0 Å². The van der Waals surface area contributed by atoms with Crippen molar-refractivity contribution in [3.63, 3.8) is 0 Å². The van der Waals surface area contributed by atoms with Gasteiger partial charge in [0.15, 0.2) is 0 Å². The zero-order chi connectivity index (χ0) is 16.9. The van der Waals surface area contributed by atoms with Crippen LogP contribution in [0.2, 0.25) is 0 Å². The Morgan fingerprint density at radius 2 is 1.67 bits per heavy atom. The van der Waals surface area contributed by atoms with Gasteiger partial charge in [0, 0.05) is 31.7 Å². The molecule has 0 aromatic heterocycles. The molecule has 0 saturated heterocycles. The van der Waals surface area contributed by atoms with Crippen LogP contribution in [-0.4, -0.2) is 48.9 Å². The topological polar surface area (TPSA) is 23.6 Å². The van der Waals surface area contributed by atoms with Gasteiger partial charge in [-0.05, 0) is 68.8 Å². The van der Waals surface area contributed by atoms with Crippen LogP contribution in [0, 0.1) is 0 Å². The van der Waals surface area contributed by atoms with E-state index < -0.39 is 0 Å². The third-order valence-electron chi connectivity index (χ3n) is 5.93. The summed E-state index contributed by atoms with van der Waals surface area (Å²) < 4.78 is 0. The third kappa shape index (κ3) is 4.18. The Kier molecular flexibility index (Phi) is 5.94. The van der Waals surface area contributed by atoms with E-state index in [1.807, 2.05) is 18.0 Å². The van der Waals surface area contributed by atoms with Crippen LogP contribution >= 0.6 is 0 Å². The maximum Gasteiger partial charge on any atom is 0.253 e. The fourth-order valence-corrected chi connectivity index (χ4v) is 4.20.